The van der Waals surface area contributed by atoms with Gasteiger partial charge in [-0.3, -0.25) is 0 Å². The van der Waals surface area contributed by atoms with E-state index in [9.17, 15) is 0 Å². The molecule has 0 bridgehead atoms. The molecule has 2 aromatic carbocycles. The van der Waals surface area contributed by atoms with Crippen LogP contribution in [-0.2, 0) is 0 Å². The van der Waals surface area contributed by atoms with E-state index in [-0.39, 0.29) is 0 Å². The Labute approximate surface area is 142 Å². The summed E-state index contributed by atoms with van der Waals surface area (Å²) < 4.78 is 4.28. The average molecular weight is 403 g/mol. The molecule has 2 aromatic rings. The van der Waals surface area contributed by atoms with Crippen LogP contribution in [0.2, 0.25) is 7.87 Å². The Morgan fingerprint density at radius 1 is 0.478 bits per heavy atom. The van der Waals surface area contributed by atoms with Gasteiger partial charge in [-0.15, -0.1) is 0 Å². The Hall–Kier alpha value is -1.80. The van der Waals surface area contributed by atoms with Crippen LogP contribution in [0.5, 0.6) is 0 Å². The van der Waals surface area contributed by atoms with Crippen molar-refractivity contribution in [3.8, 4) is 0 Å². The Kier molecular flexibility index (Phi) is 4.09. The fourth-order valence-corrected chi connectivity index (χ4v) is 19.7. The van der Waals surface area contributed by atoms with Gasteiger partial charge < -0.3 is 0 Å². The van der Waals surface area contributed by atoms with Crippen LogP contribution >= 0.6 is 0 Å². The summed E-state index contributed by atoms with van der Waals surface area (Å²) in [6.45, 7) is 0. The maximum atomic E-state index is 2.43. The van der Waals surface area contributed by atoms with E-state index in [1.807, 2.05) is 0 Å². The van der Waals surface area contributed by atoms with Crippen molar-refractivity contribution >= 4 is 25.5 Å². The minimum atomic E-state index is -3.02. The number of hydrogen-bond donors (Lipinski definition) is 0. The molecule has 2 aliphatic carbocycles. The van der Waals surface area contributed by atoms with Crippen molar-refractivity contribution < 1.29 is 0 Å². The van der Waals surface area contributed by atoms with Crippen molar-refractivity contribution in [1.29, 1.82) is 0 Å². The molecule has 23 heavy (non-hydrogen) atoms. The van der Waals surface area contributed by atoms with E-state index in [1.165, 1.54) is 0 Å². The standard InChI is InChI=1S/2C6H5.2C5H5.Sn/c2*1-2-4-6-5-3-1;2*1-2-4-5-3-1;/h2*1-5H;2*1-5H;. The van der Waals surface area contributed by atoms with E-state index in [1.54, 1.807) is 7.16 Å². The molecule has 0 atom stereocenters. The van der Waals surface area contributed by atoms with Gasteiger partial charge in [0.25, 0.3) is 0 Å². The van der Waals surface area contributed by atoms with Gasteiger partial charge in [0.05, 0.1) is 0 Å². The molecule has 0 spiro atoms. The number of hydrogen-bond acceptors (Lipinski definition) is 0. The molecule has 0 N–H and O–H groups in total. The zero-order valence-corrected chi connectivity index (χ0v) is 15.9. The van der Waals surface area contributed by atoms with E-state index in [2.05, 4.69) is 109 Å². The molecule has 0 amide bonds. The number of allylic oxidation sites excluding steroid dienone is 8. The van der Waals surface area contributed by atoms with Crippen molar-refractivity contribution in [1.82, 2.24) is 0 Å². The van der Waals surface area contributed by atoms with Crippen LogP contribution in [0, 0.1) is 0 Å². The van der Waals surface area contributed by atoms with E-state index in [0.29, 0.717) is 7.87 Å². The first-order chi connectivity index (χ1) is 11.4. The summed E-state index contributed by atoms with van der Waals surface area (Å²) in [7, 11) is 0. The van der Waals surface area contributed by atoms with Gasteiger partial charge in [-0.2, -0.15) is 0 Å². The van der Waals surface area contributed by atoms with Crippen LogP contribution in [0.3, 0.4) is 0 Å². The van der Waals surface area contributed by atoms with Gasteiger partial charge in [0, 0.05) is 0 Å². The van der Waals surface area contributed by atoms with E-state index in [4.69, 9.17) is 0 Å². The number of benzene rings is 2. The van der Waals surface area contributed by atoms with Gasteiger partial charge in [-0.25, -0.2) is 0 Å². The van der Waals surface area contributed by atoms with Crippen molar-refractivity contribution in [3.05, 3.63) is 109 Å². The van der Waals surface area contributed by atoms with Crippen LogP contribution in [0.25, 0.3) is 0 Å². The molecule has 0 heterocycles. The van der Waals surface area contributed by atoms with Gasteiger partial charge in [-0.05, 0) is 0 Å². The van der Waals surface area contributed by atoms with Crippen LogP contribution in [-0.4, -0.2) is 18.4 Å². The predicted molar refractivity (Wildman–Crippen MR) is 102 cm³/mol. The van der Waals surface area contributed by atoms with Crippen LogP contribution in [0.4, 0.5) is 0 Å². The third kappa shape index (κ3) is 2.46. The van der Waals surface area contributed by atoms with Gasteiger partial charge in [0.1, 0.15) is 0 Å². The Morgan fingerprint density at radius 2 is 0.826 bits per heavy atom. The molecule has 4 rings (SSSR count). The normalized spacial score (nSPS) is 17.4. The third-order valence-corrected chi connectivity index (χ3v) is 20.6. The zero-order chi connectivity index (χ0) is 15.5. The summed E-state index contributed by atoms with van der Waals surface area (Å²) in [5.74, 6) is 0. The van der Waals surface area contributed by atoms with E-state index in [0.717, 1.165) is 0 Å². The van der Waals surface area contributed by atoms with Crippen molar-refractivity contribution in [2.24, 2.45) is 0 Å². The van der Waals surface area contributed by atoms with E-state index >= 15 is 0 Å². The average Bonchev–Trinajstić information content (AvgIpc) is 3.32. The molecule has 0 radical (unpaired) electrons. The van der Waals surface area contributed by atoms with Gasteiger partial charge in [-0.1, -0.05) is 0 Å². The minimum absolute atomic E-state index is 0.562. The molecule has 112 valence electrons. The van der Waals surface area contributed by atoms with Crippen LogP contribution < -0.4 is 7.16 Å². The Balaban J connectivity index is 2.01. The van der Waals surface area contributed by atoms with Gasteiger partial charge >= 0.3 is 143 Å². The quantitative estimate of drug-likeness (QED) is 0.671. The zero-order valence-electron chi connectivity index (χ0n) is 13.0. The molecule has 1 heteroatoms. The first kappa shape index (κ1) is 14.8. The summed E-state index contributed by atoms with van der Waals surface area (Å²) >= 11 is -3.02. The van der Waals surface area contributed by atoms with Gasteiger partial charge in [0.2, 0.25) is 0 Å². The molecule has 0 saturated carbocycles. The molecular weight excluding hydrogens is 383 g/mol. The second-order valence-electron chi connectivity index (χ2n) is 6.19. The summed E-state index contributed by atoms with van der Waals surface area (Å²) in [5, 5.41) is 0. The summed E-state index contributed by atoms with van der Waals surface area (Å²) in [6, 6.07) is 22.5. The molecule has 0 aliphatic heterocycles. The first-order valence-electron chi connectivity index (χ1n) is 8.23. The first-order valence-corrected chi connectivity index (χ1v) is 14.4. The van der Waals surface area contributed by atoms with Crippen molar-refractivity contribution in [3.63, 3.8) is 0 Å². The predicted octanol–water partition coefficient (Wildman–Crippen LogP) is 4.24. The summed E-state index contributed by atoms with van der Waals surface area (Å²) in [5.41, 5.74) is 0. The molecule has 0 saturated heterocycles. The Morgan fingerprint density at radius 3 is 1.17 bits per heavy atom. The summed E-state index contributed by atoms with van der Waals surface area (Å²) in [4.78, 5) is 0. The second kappa shape index (κ2) is 6.37. The van der Waals surface area contributed by atoms with Crippen molar-refractivity contribution in [2.75, 3.05) is 0 Å². The van der Waals surface area contributed by atoms with E-state index < -0.39 is 18.4 Å². The fraction of sp³-hybridized carbons (Fsp3) is 0.0909. The monoisotopic (exact) mass is 404 g/mol. The second-order valence-corrected chi connectivity index (χ2v) is 18.3. The molecule has 2 aliphatic rings. The molecule has 0 aromatic heterocycles. The summed E-state index contributed by atoms with van der Waals surface area (Å²) in [6.07, 6.45) is 18.6. The maximum absolute atomic E-state index is 3.02. The van der Waals surface area contributed by atoms with Crippen molar-refractivity contribution in [2.45, 2.75) is 7.87 Å². The topological polar surface area (TPSA) is 0 Å². The molecule has 0 nitrogen and oxygen atoms in total. The SMILES string of the molecule is C1=C[CH]([Sn]([c]2ccccc2)([c]2ccccc2)[CH]2C=CC=C2)C=C1. The third-order valence-electron chi connectivity index (χ3n) is 5.05. The van der Waals surface area contributed by atoms with Gasteiger partial charge in [0.15, 0.2) is 0 Å². The molecule has 0 unspecified atom stereocenters. The van der Waals surface area contributed by atoms with Crippen LogP contribution in [0.1, 0.15) is 0 Å². The fourth-order valence-electron chi connectivity index (χ4n) is 4.06. The Bertz CT molecular complexity index is 688. The molecule has 0 fully saturated rings. The van der Waals surface area contributed by atoms with Crippen LogP contribution in [0.15, 0.2) is 109 Å². The molecular formula is C22H20Sn. The number of rotatable bonds is 4.